The van der Waals surface area contributed by atoms with Crippen LogP contribution in [0.1, 0.15) is 19.3 Å². The van der Waals surface area contributed by atoms with Crippen LogP contribution >= 0.6 is 11.3 Å². The number of rotatable bonds is 5. The van der Waals surface area contributed by atoms with Gasteiger partial charge in [0.25, 0.3) is 0 Å². The lowest BCUT2D eigenvalue weighted by Crippen LogP contribution is -2.35. The van der Waals surface area contributed by atoms with Gasteiger partial charge in [-0.2, -0.15) is 4.98 Å². The zero-order valence-electron chi connectivity index (χ0n) is 14.8. The van der Waals surface area contributed by atoms with Crippen LogP contribution in [0.15, 0.2) is 41.2 Å². The zero-order valence-corrected chi connectivity index (χ0v) is 15.7. The Balaban J connectivity index is 1.78. The third-order valence-electron chi connectivity index (χ3n) is 4.95. The number of nitro groups is 1. The van der Waals surface area contributed by atoms with E-state index in [9.17, 15) is 14.9 Å². The summed E-state index contributed by atoms with van der Waals surface area (Å²) >= 11 is 1.05. The van der Waals surface area contributed by atoms with Crippen LogP contribution in [-0.4, -0.2) is 39.0 Å². The first-order valence-corrected chi connectivity index (χ1v) is 9.91. The molecule has 0 radical (unpaired) electrons. The number of nitrogens with zero attached hydrogens (tertiary/aromatic N) is 4. The van der Waals surface area contributed by atoms with Crippen LogP contribution in [0.2, 0.25) is 0 Å². The maximum Gasteiger partial charge on any atom is 0.349 e. The monoisotopic (exact) mass is 384 g/mol. The van der Waals surface area contributed by atoms with Crippen LogP contribution < -0.4 is 5.69 Å². The van der Waals surface area contributed by atoms with Crippen molar-refractivity contribution >= 4 is 26.6 Å². The van der Waals surface area contributed by atoms with Gasteiger partial charge in [-0.05, 0) is 37.3 Å². The van der Waals surface area contributed by atoms with Crippen molar-refractivity contribution in [3.63, 3.8) is 0 Å². The summed E-state index contributed by atoms with van der Waals surface area (Å²) in [6.45, 7) is 3.33. The van der Waals surface area contributed by atoms with Crippen LogP contribution in [-0.2, 0) is 6.54 Å². The number of likely N-dealkylation sites (tertiary alicyclic amines) is 1. The highest BCUT2D eigenvalue weighted by molar-refractivity contribution is 7.21. The molecule has 1 aromatic carbocycles. The molecule has 4 rings (SSSR count). The smallest absolute Gasteiger partial charge is 0.302 e. The maximum absolute atomic E-state index is 12.7. The van der Waals surface area contributed by atoms with Gasteiger partial charge in [0.2, 0.25) is 0 Å². The van der Waals surface area contributed by atoms with Gasteiger partial charge in [0.05, 0.1) is 10.6 Å². The fourth-order valence-corrected chi connectivity index (χ4v) is 4.56. The topological polar surface area (TPSA) is 81.3 Å². The molecule has 3 heterocycles. The van der Waals surface area contributed by atoms with E-state index in [-0.39, 0.29) is 10.7 Å². The van der Waals surface area contributed by atoms with Gasteiger partial charge in [0, 0.05) is 30.1 Å². The van der Waals surface area contributed by atoms with E-state index in [4.69, 9.17) is 0 Å². The average Bonchev–Trinajstić information content (AvgIpc) is 3.14. The Hall–Kier alpha value is -2.58. The van der Waals surface area contributed by atoms with Crippen molar-refractivity contribution in [2.45, 2.75) is 25.8 Å². The highest BCUT2D eigenvalue weighted by atomic mass is 32.1. The van der Waals surface area contributed by atoms with Gasteiger partial charge in [0.15, 0.2) is 0 Å². The van der Waals surface area contributed by atoms with E-state index < -0.39 is 4.92 Å². The summed E-state index contributed by atoms with van der Waals surface area (Å²) in [6, 6.07) is 10.9. The summed E-state index contributed by atoms with van der Waals surface area (Å²) in [6.07, 6.45) is 3.62. The molecule has 8 heteroatoms. The predicted molar refractivity (Wildman–Crippen MR) is 106 cm³/mol. The first kappa shape index (κ1) is 17.8. The fraction of sp³-hybridized carbons (Fsp3) is 0.368. The molecule has 0 spiro atoms. The Morgan fingerprint density at radius 1 is 1.11 bits per heavy atom. The van der Waals surface area contributed by atoms with Crippen LogP contribution in [0, 0.1) is 10.1 Å². The Morgan fingerprint density at radius 3 is 2.56 bits per heavy atom. The second kappa shape index (κ2) is 7.58. The van der Waals surface area contributed by atoms with Crippen molar-refractivity contribution in [1.29, 1.82) is 0 Å². The van der Waals surface area contributed by atoms with Gasteiger partial charge in [-0.15, -0.1) is 0 Å². The summed E-state index contributed by atoms with van der Waals surface area (Å²) in [5.41, 5.74) is 0.944. The minimum Gasteiger partial charge on any atom is -0.302 e. The van der Waals surface area contributed by atoms with Crippen LogP contribution in [0.25, 0.3) is 21.5 Å². The molecular weight excluding hydrogens is 364 g/mol. The van der Waals surface area contributed by atoms with Crippen LogP contribution in [0.5, 0.6) is 0 Å². The number of piperidine rings is 1. The van der Waals surface area contributed by atoms with E-state index >= 15 is 0 Å². The number of hydrogen-bond acceptors (Lipinski definition) is 6. The highest BCUT2D eigenvalue weighted by Crippen LogP contribution is 2.35. The highest BCUT2D eigenvalue weighted by Gasteiger charge is 2.21. The number of benzene rings is 1. The van der Waals surface area contributed by atoms with Crippen molar-refractivity contribution in [3.8, 4) is 11.3 Å². The number of thiophene rings is 1. The van der Waals surface area contributed by atoms with Crippen molar-refractivity contribution in [2.24, 2.45) is 0 Å². The third-order valence-corrected chi connectivity index (χ3v) is 6.06. The predicted octanol–water partition coefficient (Wildman–Crippen LogP) is 3.52. The zero-order chi connectivity index (χ0) is 18.8. The van der Waals surface area contributed by atoms with Crippen molar-refractivity contribution in [2.75, 3.05) is 19.6 Å². The van der Waals surface area contributed by atoms with Gasteiger partial charge >= 0.3 is 10.7 Å². The van der Waals surface area contributed by atoms with Gasteiger partial charge in [-0.25, -0.2) is 4.79 Å². The molecule has 3 aromatic rings. The average molecular weight is 384 g/mol. The molecule has 0 aliphatic carbocycles. The van der Waals surface area contributed by atoms with Gasteiger partial charge in [-0.1, -0.05) is 36.8 Å². The largest absolute Gasteiger partial charge is 0.349 e. The molecule has 1 aliphatic rings. The lowest BCUT2D eigenvalue weighted by molar-refractivity contribution is -0.380. The SMILES string of the molecule is O=c1nc(-c2ccccc2)c2cc([N+](=O)[O-])sc2n1CCN1CCCCC1. The normalized spacial score (nSPS) is 15.3. The first-order valence-electron chi connectivity index (χ1n) is 9.10. The van der Waals surface area contributed by atoms with E-state index in [1.54, 1.807) is 4.57 Å². The van der Waals surface area contributed by atoms with Gasteiger partial charge in [0.1, 0.15) is 4.83 Å². The van der Waals surface area contributed by atoms with Crippen LogP contribution in [0.3, 0.4) is 0 Å². The molecule has 7 nitrogen and oxygen atoms in total. The minimum absolute atomic E-state index is 0.0290. The Bertz CT molecular complexity index is 1020. The van der Waals surface area contributed by atoms with Crippen LogP contribution in [0.4, 0.5) is 5.00 Å². The summed E-state index contributed by atoms with van der Waals surface area (Å²) in [7, 11) is 0. The molecule has 140 valence electrons. The summed E-state index contributed by atoms with van der Waals surface area (Å²) < 4.78 is 1.59. The summed E-state index contributed by atoms with van der Waals surface area (Å²) in [5.74, 6) is 0. The quantitative estimate of drug-likeness (QED) is 0.497. The molecule has 0 bridgehead atoms. The third kappa shape index (κ3) is 3.63. The molecule has 0 N–H and O–H groups in total. The summed E-state index contributed by atoms with van der Waals surface area (Å²) in [4.78, 5) is 30.9. The molecule has 0 amide bonds. The Kier molecular flexibility index (Phi) is 5.00. The fourth-order valence-electron chi connectivity index (χ4n) is 3.57. The number of aromatic nitrogens is 2. The Labute approximate surface area is 160 Å². The Morgan fingerprint density at radius 2 is 1.85 bits per heavy atom. The maximum atomic E-state index is 12.7. The van der Waals surface area contributed by atoms with Crippen molar-refractivity contribution in [3.05, 3.63) is 57.0 Å². The van der Waals surface area contributed by atoms with E-state index in [0.29, 0.717) is 22.5 Å². The minimum atomic E-state index is -0.404. The molecular formula is C19H20N4O3S. The van der Waals surface area contributed by atoms with Crippen molar-refractivity contribution < 1.29 is 4.92 Å². The van der Waals surface area contributed by atoms with E-state index in [1.807, 2.05) is 30.3 Å². The lowest BCUT2D eigenvalue weighted by Gasteiger charge is -2.26. The standard InChI is InChI=1S/C19H20N4O3S/c24-19-20-17(14-7-3-1-4-8-14)15-13-16(23(25)26)27-18(15)22(19)12-11-21-9-5-2-6-10-21/h1,3-4,7-8,13H,2,5-6,9-12H2. The van der Waals surface area contributed by atoms with Gasteiger partial charge in [-0.3, -0.25) is 14.7 Å². The van der Waals surface area contributed by atoms with Crippen molar-refractivity contribution in [1.82, 2.24) is 14.5 Å². The second-order valence-corrected chi connectivity index (χ2v) is 7.73. The molecule has 0 atom stereocenters. The molecule has 2 aromatic heterocycles. The van der Waals surface area contributed by atoms with E-state index in [2.05, 4.69) is 9.88 Å². The molecule has 27 heavy (non-hydrogen) atoms. The van der Waals surface area contributed by atoms with E-state index in [1.165, 1.54) is 25.3 Å². The molecule has 0 saturated carbocycles. The van der Waals surface area contributed by atoms with E-state index in [0.717, 1.165) is 36.5 Å². The first-order chi connectivity index (χ1) is 13.1. The molecule has 1 aliphatic heterocycles. The molecule has 1 fully saturated rings. The molecule has 0 unspecified atom stereocenters. The second-order valence-electron chi connectivity index (χ2n) is 6.72. The lowest BCUT2D eigenvalue weighted by atomic mass is 10.1. The number of fused-ring (bicyclic) bond motifs is 1. The molecule has 1 saturated heterocycles. The summed E-state index contributed by atoms with van der Waals surface area (Å²) in [5, 5.41) is 12.0. The number of hydrogen-bond donors (Lipinski definition) is 0. The van der Waals surface area contributed by atoms with Gasteiger partial charge < -0.3 is 4.90 Å².